The molecule has 0 spiro atoms. The van der Waals surface area contributed by atoms with E-state index in [9.17, 15) is 14.4 Å². The lowest BCUT2D eigenvalue weighted by Crippen LogP contribution is -2.36. The first-order valence-corrected chi connectivity index (χ1v) is 10.2. The fourth-order valence-corrected chi connectivity index (χ4v) is 4.30. The Morgan fingerprint density at radius 1 is 1.00 bits per heavy atom. The van der Waals surface area contributed by atoms with Crippen molar-refractivity contribution in [1.29, 1.82) is 0 Å². The van der Waals surface area contributed by atoms with Crippen molar-refractivity contribution in [3.05, 3.63) is 81.5 Å². The molecule has 5 heteroatoms. The molecule has 4 nitrogen and oxygen atoms in total. The molecule has 0 bridgehead atoms. The standard InChI is InChI=1S/C23H19BrO4/c24-16-11-9-15(10-12-16)21-17(13-19(26)14-5-2-1-3-6-14)23(27)28-20-8-4-7-18(25)22(20)21/h1-3,5-6,9-12,17,21H,4,7-8,13H2/t17-,21?/m1/s1. The first kappa shape index (κ1) is 18.8. The maximum absolute atomic E-state index is 12.8. The fraction of sp³-hybridized carbons (Fsp3) is 0.261. The zero-order valence-electron chi connectivity index (χ0n) is 15.2. The third-order valence-corrected chi connectivity index (χ3v) is 5.91. The highest BCUT2D eigenvalue weighted by molar-refractivity contribution is 9.10. The van der Waals surface area contributed by atoms with Crippen LogP contribution in [-0.2, 0) is 14.3 Å². The molecule has 2 atom stereocenters. The summed E-state index contributed by atoms with van der Waals surface area (Å²) >= 11 is 3.42. The largest absolute Gasteiger partial charge is 0.430 e. The van der Waals surface area contributed by atoms with Crippen molar-refractivity contribution in [3.63, 3.8) is 0 Å². The number of hydrogen-bond acceptors (Lipinski definition) is 4. The van der Waals surface area contributed by atoms with E-state index in [0.717, 1.165) is 10.0 Å². The maximum atomic E-state index is 12.8. The molecule has 0 saturated heterocycles. The lowest BCUT2D eigenvalue weighted by Gasteiger charge is -2.35. The Hall–Kier alpha value is -2.53. The van der Waals surface area contributed by atoms with Gasteiger partial charge in [0, 0.05) is 40.8 Å². The third kappa shape index (κ3) is 3.59. The first-order valence-electron chi connectivity index (χ1n) is 9.36. The van der Waals surface area contributed by atoms with Gasteiger partial charge in [-0.3, -0.25) is 14.4 Å². The van der Waals surface area contributed by atoms with E-state index in [1.54, 1.807) is 24.3 Å². The van der Waals surface area contributed by atoms with Gasteiger partial charge in [0.05, 0.1) is 5.92 Å². The van der Waals surface area contributed by atoms with Crippen LogP contribution in [0.25, 0.3) is 0 Å². The van der Waals surface area contributed by atoms with Crippen LogP contribution in [0.5, 0.6) is 0 Å². The van der Waals surface area contributed by atoms with Crippen LogP contribution in [0.4, 0.5) is 0 Å². The predicted octanol–water partition coefficient (Wildman–Crippen LogP) is 4.99. The van der Waals surface area contributed by atoms with Crippen molar-refractivity contribution in [1.82, 2.24) is 0 Å². The van der Waals surface area contributed by atoms with E-state index >= 15 is 0 Å². The molecule has 2 aliphatic rings. The summed E-state index contributed by atoms with van der Waals surface area (Å²) in [5, 5.41) is 0. The summed E-state index contributed by atoms with van der Waals surface area (Å²) < 4.78 is 6.46. The summed E-state index contributed by atoms with van der Waals surface area (Å²) in [5.74, 6) is -1.22. The molecule has 0 radical (unpaired) electrons. The van der Waals surface area contributed by atoms with Gasteiger partial charge in [-0.25, -0.2) is 0 Å². The zero-order chi connectivity index (χ0) is 19.7. The topological polar surface area (TPSA) is 60.4 Å². The van der Waals surface area contributed by atoms with Gasteiger partial charge in [0.15, 0.2) is 11.6 Å². The Morgan fingerprint density at radius 2 is 1.71 bits per heavy atom. The highest BCUT2D eigenvalue weighted by Gasteiger charge is 2.44. The predicted molar refractivity (Wildman–Crippen MR) is 108 cm³/mol. The number of esters is 1. The van der Waals surface area contributed by atoms with Crippen LogP contribution in [0, 0.1) is 5.92 Å². The van der Waals surface area contributed by atoms with E-state index in [0.29, 0.717) is 36.2 Å². The zero-order valence-corrected chi connectivity index (χ0v) is 16.8. The van der Waals surface area contributed by atoms with Crippen molar-refractivity contribution in [2.24, 2.45) is 5.92 Å². The highest BCUT2D eigenvalue weighted by atomic mass is 79.9. The molecule has 0 saturated carbocycles. The number of ether oxygens (including phenoxy) is 1. The van der Waals surface area contributed by atoms with E-state index < -0.39 is 17.8 Å². The third-order valence-electron chi connectivity index (χ3n) is 5.38. The molecule has 28 heavy (non-hydrogen) atoms. The summed E-state index contributed by atoms with van der Waals surface area (Å²) in [6.45, 7) is 0. The molecular formula is C23H19BrO4. The smallest absolute Gasteiger partial charge is 0.315 e. The molecule has 1 heterocycles. The average Bonchev–Trinajstić information content (AvgIpc) is 2.70. The number of carbonyl (C=O) groups is 3. The van der Waals surface area contributed by atoms with Gasteiger partial charge in [-0.15, -0.1) is 0 Å². The molecule has 1 aliphatic carbocycles. The van der Waals surface area contributed by atoms with Crippen LogP contribution in [0.15, 0.2) is 70.4 Å². The number of rotatable bonds is 4. The Balaban J connectivity index is 1.75. The number of allylic oxidation sites excluding steroid dienone is 2. The second-order valence-electron chi connectivity index (χ2n) is 7.16. The van der Waals surface area contributed by atoms with Crippen molar-refractivity contribution < 1.29 is 19.1 Å². The Kier molecular flexibility index (Phi) is 5.27. The lowest BCUT2D eigenvalue weighted by atomic mass is 9.72. The molecule has 0 aromatic heterocycles. The molecule has 0 fully saturated rings. The Morgan fingerprint density at radius 3 is 2.43 bits per heavy atom. The summed E-state index contributed by atoms with van der Waals surface area (Å²) in [4.78, 5) is 38.4. The molecule has 4 rings (SSSR count). The van der Waals surface area contributed by atoms with Crippen LogP contribution >= 0.6 is 15.9 Å². The van der Waals surface area contributed by atoms with Crippen LogP contribution in [0.3, 0.4) is 0 Å². The van der Waals surface area contributed by atoms with Crippen molar-refractivity contribution in [2.75, 3.05) is 0 Å². The van der Waals surface area contributed by atoms with Crippen LogP contribution in [0.2, 0.25) is 0 Å². The number of hydrogen-bond donors (Lipinski definition) is 0. The second kappa shape index (κ2) is 7.84. The van der Waals surface area contributed by atoms with Gasteiger partial charge in [-0.2, -0.15) is 0 Å². The van der Waals surface area contributed by atoms with E-state index in [2.05, 4.69) is 15.9 Å². The van der Waals surface area contributed by atoms with Gasteiger partial charge < -0.3 is 4.74 Å². The number of benzene rings is 2. The molecule has 1 aliphatic heterocycles. The lowest BCUT2D eigenvalue weighted by molar-refractivity contribution is -0.147. The minimum absolute atomic E-state index is 0.00758. The summed E-state index contributed by atoms with van der Waals surface area (Å²) in [7, 11) is 0. The van der Waals surface area contributed by atoms with E-state index in [4.69, 9.17) is 4.74 Å². The number of ketones is 2. The van der Waals surface area contributed by atoms with Crippen molar-refractivity contribution in [2.45, 2.75) is 31.6 Å². The second-order valence-corrected chi connectivity index (χ2v) is 8.08. The fourth-order valence-electron chi connectivity index (χ4n) is 4.03. The SMILES string of the molecule is O=C1CCCC2=C1C(c1ccc(Br)cc1)[C@@H](CC(=O)c1ccccc1)C(=O)O2. The highest BCUT2D eigenvalue weighted by Crippen LogP contribution is 2.45. The molecular weight excluding hydrogens is 420 g/mol. The summed E-state index contributed by atoms with van der Waals surface area (Å²) in [6.07, 6.45) is 1.72. The number of Topliss-reactive ketones (excluding diaryl/α,β-unsaturated/α-hetero) is 2. The van der Waals surface area contributed by atoms with Crippen LogP contribution < -0.4 is 0 Å². The maximum Gasteiger partial charge on any atom is 0.315 e. The van der Waals surface area contributed by atoms with Gasteiger partial charge in [0.1, 0.15) is 5.76 Å². The normalized spacial score (nSPS) is 21.9. The monoisotopic (exact) mass is 438 g/mol. The molecule has 0 N–H and O–H groups in total. The van der Waals surface area contributed by atoms with Gasteiger partial charge in [0.2, 0.25) is 0 Å². The minimum atomic E-state index is -0.713. The molecule has 142 valence electrons. The quantitative estimate of drug-likeness (QED) is 0.498. The van der Waals surface area contributed by atoms with Gasteiger partial charge >= 0.3 is 5.97 Å². The van der Waals surface area contributed by atoms with E-state index in [1.807, 2.05) is 30.3 Å². The van der Waals surface area contributed by atoms with E-state index in [1.165, 1.54) is 0 Å². The van der Waals surface area contributed by atoms with Gasteiger partial charge in [-0.05, 0) is 24.1 Å². The molecule has 0 amide bonds. The number of carbonyl (C=O) groups excluding carboxylic acids is 3. The van der Waals surface area contributed by atoms with Crippen LogP contribution in [0.1, 0.15) is 47.5 Å². The average molecular weight is 439 g/mol. The van der Waals surface area contributed by atoms with Gasteiger partial charge in [0.25, 0.3) is 0 Å². The number of halogens is 1. The van der Waals surface area contributed by atoms with Crippen molar-refractivity contribution >= 4 is 33.5 Å². The first-order chi connectivity index (χ1) is 13.5. The van der Waals surface area contributed by atoms with Crippen LogP contribution in [-0.4, -0.2) is 17.5 Å². The summed E-state index contributed by atoms with van der Waals surface area (Å²) in [5.41, 5.74) is 1.98. The minimum Gasteiger partial charge on any atom is -0.430 e. The Labute approximate surface area is 171 Å². The molecule has 1 unspecified atom stereocenters. The van der Waals surface area contributed by atoms with Gasteiger partial charge in [-0.1, -0.05) is 58.4 Å². The Bertz CT molecular complexity index is 960. The summed E-state index contributed by atoms with van der Waals surface area (Å²) in [6, 6.07) is 16.5. The van der Waals surface area contributed by atoms with E-state index in [-0.39, 0.29) is 18.0 Å². The van der Waals surface area contributed by atoms with Crippen molar-refractivity contribution in [3.8, 4) is 0 Å². The molecule has 2 aromatic carbocycles. The molecule has 2 aromatic rings.